The number of benzene rings is 1. The van der Waals surface area contributed by atoms with Crippen LogP contribution in [-0.4, -0.2) is 32.6 Å². The summed E-state index contributed by atoms with van der Waals surface area (Å²) in [6, 6.07) is 3.27. The van der Waals surface area contributed by atoms with Gasteiger partial charge in [0.05, 0.1) is 10.6 Å². The fourth-order valence-electron chi connectivity index (χ4n) is 4.06. The van der Waals surface area contributed by atoms with Gasteiger partial charge in [0.25, 0.3) is 6.43 Å². The maximum Gasteiger partial charge on any atom is 0.344 e. The predicted molar refractivity (Wildman–Crippen MR) is 123 cm³/mol. The molecule has 0 unspecified atom stereocenters. The third-order valence-electron chi connectivity index (χ3n) is 5.91. The summed E-state index contributed by atoms with van der Waals surface area (Å²) in [4.78, 5) is 25.8. The molecule has 10 heteroatoms. The molecule has 4 rings (SSSR count). The van der Waals surface area contributed by atoms with Crippen LogP contribution >= 0.6 is 23.2 Å². The summed E-state index contributed by atoms with van der Waals surface area (Å²) >= 11 is 13.0. The van der Waals surface area contributed by atoms with Crippen molar-refractivity contribution in [1.82, 2.24) is 14.7 Å². The molecule has 180 valence electrons. The molecule has 1 saturated carbocycles. The third-order valence-corrected chi connectivity index (χ3v) is 6.69. The van der Waals surface area contributed by atoms with Crippen molar-refractivity contribution in [1.29, 1.82) is 0 Å². The van der Waals surface area contributed by atoms with E-state index in [1.165, 1.54) is 16.8 Å². The second-order valence-electron chi connectivity index (χ2n) is 8.52. The third kappa shape index (κ3) is 5.58. The van der Waals surface area contributed by atoms with Gasteiger partial charge in [0.1, 0.15) is 17.4 Å². The number of ether oxygens (including phenoxy) is 1. The normalized spacial score (nSPS) is 16.1. The molecule has 2 aromatic rings. The van der Waals surface area contributed by atoms with E-state index in [1.807, 2.05) is 10.8 Å². The van der Waals surface area contributed by atoms with Gasteiger partial charge in [0.2, 0.25) is 0 Å². The first-order valence-electron chi connectivity index (χ1n) is 10.9. The first-order chi connectivity index (χ1) is 16.3. The van der Waals surface area contributed by atoms with Gasteiger partial charge in [-0.05, 0) is 43.9 Å². The molecule has 1 aromatic heterocycles. The predicted octanol–water partition coefficient (Wildman–Crippen LogP) is 5.81. The number of esters is 1. The maximum absolute atomic E-state index is 13.4. The van der Waals surface area contributed by atoms with Crippen LogP contribution in [0.1, 0.15) is 65.7 Å². The minimum Gasteiger partial charge on any atom is -0.427 e. The maximum atomic E-state index is 13.4. The number of alkyl halides is 2. The summed E-state index contributed by atoms with van der Waals surface area (Å²) in [5.74, 6) is 1.58. The molecule has 2 aliphatic carbocycles. The molecular weight excluding hydrogens is 487 g/mol. The Morgan fingerprint density at radius 1 is 1.29 bits per heavy atom. The van der Waals surface area contributed by atoms with Crippen LogP contribution in [0.15, 0.2) is 35.7 Å². The lowest BCUT2D eigenvalue weighted by Crippen LogP contribution is -2.26. The molecule has 1 fully saturated rings. The molecule has 34 heavy (non-hydrogen) atoms. The Kier molecular flexibility index (Phi) is 7.53. The summed E-state index contributed by atoms with van der Waals surface area (Å²) in [5.41, 5.74) is 1.33. The van der Waals surface area contributed by atoms with Gasteiger partial charge in [0.15, 0.2) is 0 Å². The molecular formula is C24H23Cl2F2N3O3. The number of nitrogens with zero attached hydrogens (tertiary/aromatic N) is 3. The van der Waals surface area contributed by atoms with Crippen LogP contribution in [0.25, 0.3) is 0 Å². The fourth-order valence-corrected chi connectivity index (χ4v) is 4.63. The number of halogens is 4. The quantitative estimate of drug-likeness (QED) is 0.331. The number of aromatic nitrogens is 2. The van der Waals surface area contributed by atoms with E-state index in [2.05, 4.69) is 5.10 Å². The fraction of sp³-hybridized carbons (Fsp3) is 0.417. The van der Waals surface area contributed by atoms with Crippen molar-refractivity contribution in [2.24, 2.45) is 7.05 Å². The zero-order chi connectivity index (χ0) is 24.4. The van der Waals surface area contributed by atoms with E-state index >= 15 is 0 Å². The van der Waals surface area contributed by atoms with Crippen molar-refractivity contribution in [3.05, 3.63) is 68.2 Å². The lowest BCUT2D eigenvalue weighted by Gasteiger charge is -2.24. The van der Waals surface area contributed by atoms with E-state index in [9.17, 15) is 18.4 Å². The number of carbonyl (C=O) groups is 1. The number of rotatable bonds is 8. The highest BCUT2D eigenvalue weighted by atomic mass is 35.5. The second-order valence-corrected chi connectivity index (χ2v) is 9.30. The van der Waals surface area contributed by atoms with E-state index < -0.39 is 12.4 Å². The monoisotopic (exact) mass is 509 g/mol. The topological polar surface area (TPSA) is 64.4 Å². The zero-order valence-corrected chi connectivity index (χ0v) is 20.0. The summed E-state index contributed by atoms with van der Waals surface area (Å²) in [5, 5.41) is 4.41. The Morgan fingerprint density at radius 3 is 2.74 bits per heavy atom. The van der Waals surface area contributed by atoms with Crippen molar-refractivity contribution >= 4 is 35.1 Å². The molecule has 0 amide bonds. The van der Waals surface area contributed by atoms with Crippen LogP contribution in [0.5, 0.6) is 0 Å². The SMILES string of the molecule is Cn1cc(CN(Cc2c(Cl)ccc(C(=O)OC3=CC(=C=O)CCC3)c2Cl)C2CC2)c(C(F)F)n1. The van der Waals surface area contributed by atoms with Gasteiger partial charge in [-0.15, -0.1) is 0 Å². The number of allylic oxidation sites excluding steroid dienone is 3. The van der Waals surface area contributed by atoms with Gasteiger partial charge < -0.3 is 4.74 Å². The van der Waals surface area contributed by atoms with Gasteiger partial charge in [-0.3, -0.25) is 9.58 Å². The molecule has 0 spiro atoms. The van der Waals surface area contributed by atoms with E-state index in [1.54, 1.807) is 19.3 Å². The molecule has 2 aliphatic rings. The van der Waals surface area contributed by atoms with Crippen molar-refractivity contribution in [3.8, 4) is 0 Å². The summed E-state index contributed by atoms with van der Waals surface area (Å²) in [6.07, 6.45) is 4.13. The Hall–Kier alpha value is -2.51. The van der Waals surface area contributed by atoms with Crippen LogP contribution in [-0.2, 0) is 29.7 Å². The highest BCUT2D eigenvalue weighted by Gasteiger charge is 2.32. The molecule has 0 atom stereocenters. The molecule has 1 heterocycles. The van der Waals surface area contributed by atoms with Gasteiger partial charge in [-0.2, -0.15) is 5.10 Å². The Morgan fingerprint density at radius 2 is 2.06 bits per heavy atom. The van der Waals surface area contributed by atoms with Gasteiger partial charge >= 0.3 is 5.97 Å². The largest absolute Gasteiger partial charge is 0.427 e. The summed E-state index contributed by atoms with van der Waals surface area (Å²) in [7, 11) is 1.61. The van der Waals surface area contributed by atoms with E-state index in [0.29, 0.717) is 46.7 Å². The second kappa shape index (κ2) is 10.4. The van der Waals surface area contributed by atoms with Crippen LogP contribution in [0, 0.1) is 0 Å². The molecule has 0 aliphatic heterocycles. The van der Waals surface area contributed by atoms with Crippen molar-refractivity contribution in [3.63, 3.8) is 0 Å². The molecule has 0 N–H and O–H groups in total. The highest BCUT2D eigenvalue weighted by molar-refractivity contribution is 6.38. The van der Waals surface area contributed by atoms with E-state index in [-0.39, 0.29) is 35.4 Å². The lowest BCUT2D eigenvalue weighted by atomic mass is 10.0. The smallest absolute Gasteiger partial charge is 0.344 e. The van der Waals surface area contributed by atoms with Crippen LogP contribution in [0.4, 0.5) is 8.78 Å². The Labute approximate surface area is 205 Å². The van der Waals surface area contributed by atoms with Gasteiger partial charge in [-0.1, -0.05) is 23.2 Å². The van der Waals surface area contributed by atoms with E-state index in [4.69, 9.17) is 27.9 Å². The zero-order valence-electron chi connectivity index (χ0n) is 18.5. The van der Waals surface area contributed by atoms with Crippen molar-refractivity contribution < 1.29 is 23.1 Å². The lowest BCUT2D eigenvalue weighted by molar-refractivity contribution is 0.0610. The van der Waals surface area contributed by atoms with Crippen LogP contribution in [0.3, 0.4) is 0 Å². The van der Waals surface area contributed by atoms with Gasteiger partial charge in [-0.25, -0.2) is 18.4 Å². The first-order valence-corrected chi connectivity index (χ1v) is 11.7. The minimum atomic E-state index is -2.67. The Bertz CT molecular complexity index is 1180. The Balaban J connectivity index is 1.57. The molecule has 1 aromatic carbocycles. The molecule has 0 saturated heterocycles. The number of carbonyl (C=O) groups excluding carboxylic acids is 2. The summed E-state index contributed by atoms with van der Waals surface area (Å²) in [6.45, 7) is 0.537. The van der Waals surface area contributed by atoms with E-state index in [0.717, 1.165) is 12.8 Å². The molecule has 0 radical (unpaired) electrons. The van der Waals surface area contributed by atoms with Crippen molar-refractivity contribution in [2.75, 3.05) is 0 Å². The minimum absolute atomic E-state index is 0.148. The standard InChI is InChI=1S/C24H23Cl2F2N3O3/c1-30-10-15(22(29-30)23(27)28)11-31(16-5-6-16)12-19-20(25)8-7-18(21(19)26)24(33)34-17-4-2-3-14(9-17)13-32/h7-10,16,23H,2-6,11-12H2,1H3. The highest BCUT2D eigenvalue weighted by Crippen LogP contribution is 2.36. The summed E-state index contributed by atoms with van der Waals surface area (Å²) < 4.78 is 33.7. The number of hydrogen-bond donors (Lipinski definition) is 0. The van der Waals surface area contributed by atoms with Crippen molar-refractivity contribution in [2.45, 2.75) is 57.7 Å². The molecule has 0 bridgehead atoms. The van der Waals surface area contributed by atoms with Crippen LogP contribution < -0.4 is 0 Å². The number of hydrogen-bond acceptors (Lipinski definition) is 5. The molecule has 6 nitrogen and oxygen atoms in total. The average Bonchev–Trinajstić information content (AvgIpc) is 3.58. The first kappa shape index (κ1) is 24.6. The van der Waals surface area contributed by atoms with Crippen LogP contribution in [0.2, 0.25) is 10.0 Å². The average molecular weight is 510 g/mol. The van der Waals surface area contributed by atoms with Gasteiger partial charge in [0, 0.05) is 60.5 Å². The number of aryl methyl sites for hydroxylation is 1.